The van der Waals surface area contributed by atoms with Gasteiger partial charge in [0.2, 0.25) is 5.91 Å². The van der Waals surface area contributed by atoms with E-state index in [0.717, 1.165) is 19.3 Å². The summed E-state index contributed by atoms with van der Waals surface area (Å²) in [5.74, 6) is -0.132. The number of amides is 1. The quantitative estimate of drug-likeness (QED) is 0.282. The lowest BCUT2D eigenvalue weighted by Crippen LogP contribution is -2.49. The molecule has 144 valence electrons. The molecule has 0 saturated carbocycles. The van der Waals surface area contributed by atoms with Crippen LogP contribution in [0.1, 0.15) is 58.3 Å². The molecule has 0 spiro atoms. The third kappa shape index (κ3) is 9.54. The summed E-state index contributed by atoms with van der Waals surface area (Å²) in [5.41, 5.74) is 0. The minimum Gasteiger partial charge on any atom is -0.394 e. The molecule has 1 amide bonds. The van der Waals surface area contributed by atoms with Crippen molar-refractivity contribution >= 4 is 5.91 Å². The highest BCUT2D eigenvalue weighted by Crippen LogP contribution is 2.10. The first-order chi connectivity index (χ1) is 11.3. The van der Waals surface area contributed by atoms with Crippen molar-refractivity contribution in [1.82, 2.24) is 4.90 Å². The van der Waals surface area contributed by atoms with Gasteiger partial charge in [-0.15, -0.1) is 0 Å². The molecule has 0 aliphatic rings. The molecule has 0 aromatic carbocycles. The van der Waals surface area contributed by atoms with Crippen molar-refractivity contribution in [3.63, 3.8) is 0 Å². The molecule has 0 radical (unpaired) electrons. The third-order valence-corrected chi connectivity index (χ3v) is 4.21. The first-order valence-electron chi connectivity index (χ1n) is 8.92. The molecule has 7 nitrogen and oxygen atoms in total. The van der Waals surface area contributed by atoms with E-state index >= 15 is 0 Å². The van der Waals surface area contributed by atoms with Gasteiger partial charge in [0.25, 0.3) is 0 Å². The van der Waals surface area contributed by atoms with Crippen molar-refractivity contribution in [3.8, 4) is 0 Å². The molecule has 0 heterocycles. The second-order valence-electron chi connectivity index (χ2n) is 6.44. The molecule has 0 aliphatic carbocycles. The van der Waals surface area contributed by atoms with Crippen molar-refractivity contribution in [3.05, 3.63) is 0 Å². The molecule has 0 unspecified atom stereocenters. The van der Waals surface area contributed by atoms with Crippen LogP contribution >= 0.6 is 0 Å². The number of unbranched alkanes of at least 4 members (excludes halogenated alkanes) is 6. The predicted molar refractivity (Wildman–Crippen MR) is 91.4 cm³/mol. The smallest absolute Gasteiger partial charge is 0.222 e. The van der Waals surface area contributed by atoms with Gasteiger partial charge in [-0.05, 0) is 6.42 Å². The zero-order valence-electron chi connectivity index (χ0n) is 15.0. The second-order valence-corrected chi connectivity index (χ2v) is 6.44. The highest BCUT2D eigenvalue weighted by Gasteiger charge is 2.31. The number of rotatable bonds is 14. The summed E-state index contributed by atoms with van der Waals surface area (Å²) in [6, 6.07) is 0. The van der Waals surface area contributed by atoms with Crippen LogP contribution < -0.4 is 0 Å². The summed E-state index contributed by atoms with van der Waals surface area (Å²) < 4.78 is 0. The minimum atomic E-state index is -1.67. The molecule has 7 heteroatoms. The van der Waals surface area contributed by atoms with Gasteiger partial charge >= 0.3 is 0 Å². The Bertz CT molecular complexity index is 328. The number of nitrogens with zero attached hydrogens (tertiary/aromatic N) is 1. The van der Waals surface area contributed by atoms with Crippen molar-refractivity contribution in [2.75, 3.05) is 20.2 Å². The van der Waals surface area contributed by atoms with Crippen LogP contribution in [0.4, 0.5) is 0 Å². The van der Waals surface area contributed by atoms with Crippen molar-refractivity contribution in [2.24, 2.45) is 0 Å². The predicted octanol–water partition coefficient (Wildman–Crippen LogP) is 0.0214. The zero-order valence-corrected chi connectivity index (χ0v) is 15.0. The number of hydrogen-bond acceptors (Lipinski definition) is 6. The van der Waals surface area contributed by atoms with Crippen LogP contribution in [0.2, 0.25) is 0 Å². The summed E-state index contributed by atoms with van der Waals surface area (Å²) in [6.07, 6.45) is 1.92. The largest absolute Gasteiger partial charge is 0.394 e. The molecule has 0 fully saturated rings. The van der Waals surface area contributed by atoms with Gasteiger partial charge in [0, 0.05) is 20.0 Å². The lowest BCUT2D eigenvalue weighted by molar-refractivity contribution is -0.138. The molecular weight excluding hydrogens is 314 g/mol. The summed E-state index contributed by atoms with van der Waals surface area (Å²) in [4.78, 5) is 13.3. The molecule has 0 aliphatic heterocycles. The first kappa shape index (κ1) is 23.3. The zero-order chi connectivity index (χ0) is 18.5. The van der Waals surface area contributed by atoms with Crippen LogP contribution in [-0.2, 0) is 4.79 Å². The number of likely N-dealkylation sites (N-methyl/N-ethyl adjacent to an activating group) is 1. The Hall–Kier alpha value is -0.730. The standard InChI is InChI=1S/C17H35NO6/c1-3-4-5-6-7-8-9-10-15(22)18(2)11-13(20)16(23)17(24)14(21)12-19/h13-14,16-17,19-21,23-24H,3-12H2,1-2H3/t13-,14+,16+,17+/m1/s1. The molecule has 0 aromatic rings. The lowest BCUT2D eigenvalue weighted by atomic mass is 10.0. The van der Waals surface area contributed by atoms with Gasteiger partial charge in [-0.25, -0.2) is 0 Å². The van der Waals surface area contributed by atoms with E-state index in [0.29, 0.717) is 6.42 Å². The highest BCUT2D eigenvalue weighted by atomic mass is 16.4. The van der Waals surface area contributed by atoms with E-state index in [4.69, 9.17) is 5.11 Å². The van der Waals surface area contributed by atoms with Gasteiger partial charge in [0.15, 0.2) is 0 Å². The van der Waals surface area contributed by atoms with E-state index < -0.39 is 31.0 Å². The molecule has 0 saturated heterocycles. The van der Waals surface area contributed by atoms with Gasteiger partial charge in [0.05, 0.1) is 6.61 Å². The number of carbonyl (C=O) groups is 1. The molecule has 5 N–H and O–H groups in total. The number of aliphatic hydroxyl groups excluding tert-OH is 5. The Morgan fingerprint density at radius 1 is 0.875 bits per heavy atom. The Balaban J connectivity index is 3.99. The van der Waals surface area contributed by atoms with Gasteiger partial charge in [-0.1, -0.05) is 45.4 Å². The Labute approximate surface area is 144 Å². The molecule has 24 heavy (non-hydrogen) atoms. The first-order valence-corrected chi connectivity index (χ1v) is 8.92. The summed E-state index contributed by atoms with van der Waals surface area (Å²) in [7, 11) is 1.52. The molecule has 0 bridgehead atoms. The van der Waals surface area contributed by atoms with Crippen LogP contribution in [0.15, 0.2) is 0 Å². The number of hydrogen-bond donors (Lipinski definition) is 5. The lowest BCUT2D eigenvalue weighted by Gasteiger charge is -2.28. The van der Waals surface area contributed by atoms with Crippen LogP contribution in [-0.4, -0.2) is 81.0 Å². The number of aliphatic hydroxyl groups is 5. The highest BCUT2D eigenvalue weighted by molar-refractivity contribution is 5.75. The topological polar surface area (TPSA) is 121 Å². The van der Waals surface area contributed by atoms with Crippen molar-refractivity contribution in [1.29, 1.82) is 0 Å². The monoisotopic (exact) mass is 349 g/mol. The van der Waals surface area contributed by atoms with Crippen molar-refractivity contribution < 1.29 is 30.3 Å². The molecule has 0 aromatic heterocycles. The van der Waals surface area contributed by atoms with E-state index in [1.54, 1.807) is 0 Å². The van der Waals surface area contributed by atoms with Crippen LogP contribution in [0.5, 0.6) is 0 Å². The van der Waals surface area contributed by atoms with E-state index in [9.17, 15) is 25.2 Å². The Kier molecular flexibility index (Phi) is 13.1. The fourth-order valence-corrected chi connectivity index (χ4v) is 2.48. The van der Waals surface area contributed by atoms with Crippen LogP contribution in [0.3, 0.4) is 0 Å². The second kappa shape index (κ2) is 13.5. The maximum Gasteiger partial charge on any atom is 0.222 e. The Morgan fingerprint density at radius 3 is 1.92 bits per heavy atom. The Morgan fingerprint density at radius 2 is 1.38 bits per heavy atom. The minimum absolute atomic E-state index is 0.132. The van der Waals surface area contributed by atoms with Gasteiger partial charge in [0.1, 0.15) is 24.4 Å². The van der Waals surface area contributed by atoms with E-state index in [1.165, 1.54) is 37.6 Å². The maximum absolute atomic E-state index is 12.0. The number of carbonyl (C=O) groups excluding carboxylic acids is 1. The molecule has 0 rings (SSSR count). The maximum atomic E-state index is 12.0. The fourth-order valence-electron chi connectivity index (χ4n) is 2.48. The van der Waals surface area contributed by atoms with Crippen molar-refractivity contribution in [2.45, 2.75) is 82.7 Å². The molecule has 4 atom stereocenters. The van der Waals surface area contributed by atoms with Crippen LogP contribution in [0, 0.1) is 0 Å². The summed E-state index contributed by atoms with van der Waals surface area (Å²) >= 11 is 0. The average Bonchev–Trinajstić information content (AvgIpc) is 2.58. The van der Waals surface area contributed by atoms with E-state index in [1.807, 2.05) is 0 Å². The van der Waals surface area contributed by atoms with Gasteiger partial charge in [-0.3, -0.25) is 4.79 Å². The van der Waals surface area contributed by atoms with Crippen LogP contribution in [0.25, 0.3) is 0 Å². The summed E-state index contributed by atoms with van der Waals surface area (Å²) in [6.45, 7) is 1.30. The van der Waals surface area contributed by atoms with Gasteiger partial charge in [-0.2, -0.15) is 0 Å². The third-order valence-electron chi connectivity index (χ3n) is 4.21. The SMILES string of the molecule is CCCCCCCCCC(=O)N(C)C[C@@H](O)[C@H](O)[C@@H](O)[C@@H](O)CO. The average molecular weight is 349 g/mol. The fraction of sp³-hybridized carbons (Fsp3) is 0.941. The van der Waals surface area contributed by atoms with E-state index in [2.05, 4.69) is 6.92 Å². The van der Waals surface area contributed by atoms with E-state index in [-0.39, 0.29) is 12.5 Å². The summed E-state index contributed by atoms with van der Waals surface area (Å²) in [5, 5.41) is 47.1. The molecular formula is C17H35NO6. The van der Waals surface area contributed by atoms with Gasteiger partial charge < -0.3 is 30.4 Å². The normalized spacial score (nSPS) is 16.5.